The molecule has 4 aromatic heterocycles. The van der Waals surface area contributed by atoms with Crippen molar-refractivity contribution >= 4 is 17.9 Å². The van der Waals surface area contributed by atoms with Gasteiger partial charge < -0.3 is 52.5 Å². The van der Waals surface area contributed by atoms with Crippen LogP contribution in [0, 0.1) is 94.3 Å². The molecule has 8 aliphatic rings. The minimum absolute atomic E-state index is 0.115. The molecule has 7 saturated heterocycles. The SMILES string of the molecule is C#C[C@]1(CC)OC(OC(C)=O)[C@@H](OC(C)=O)C1C.C#C[C@]1(CC)O[C@@H](n2cc(C)c(=O)[nH]c2=O)[C@@H](O)C1C.C#C[C@]1(CC)O[C@@H](n2cc(C)c(=O)[nH]c2=O)[C@@H](OC(C)=O)C1C.C=C1O[C@H]2C(C)[C@@]1(CC)O[C@H]2n1cc(C)c(=O)[nH]c1=O.CC[C@]12O[C@@H](n3cc(C)c(=O)[nH]c3=O)[C@@H](OC13CC3)C2C. The zero-order chi connectivity index (χ0) is 76.0. The van der Waals surface area contributed by atoms with Gasteiger partial charge in [0.15, 0.2) is 37.1 Å². The number of esters is 3. The van der Waals surface area contributed by atoms with Gasteiger partial charge in [0.25, 0.3) is 22.2 Å². The van der Waals surface area contributed by atoms with Crippen LogP contribution >= 0.6 is 0 Å². The van der Waals surface area contributed by atoms with Gasteiger partial charge in [-0.1, -0.05) is 93.6 Å². The third-order valence-electron chi connectivity index (χ3n) is 21.7. The zero-order valence-corrected chi connectivity index (χ0v) is 60.7. The number of fused-ring (bicyclic) bond motifs is 5. The first-order chi connectivity index (χ1) is 47.8. The Balaban J connectivity index is 0.000000162. The van der Waals surface area contributed by atoms with Crippen LogP contribution in [0.4, 0.5) is 0 Å². The van der Waals surface area contributed by atoms with Gasteiger partial charge in [0.1, 0.15) is 52.1 Å². The Morgan fingerprint density at radius 1 is 0.490 bits per heavy atom. The number of aliphatic hydroxyl groups is 1. The Bertz CT molecular complexity index is 4530. The number of carbonyl (C=O) groups is 3. The fourth-order valence-electron chi connectivity index (χ4n) is 15.2. The number of aryl methyl sites for hydroxylation is 4. The first-order valence-electron chi connectivity index (χ1n) is 34.2. The quantitative estimate of drug-likeness (QED) is 0.0750. The number of carbonyl (C=O) groups excluding carboxylic acids is 3. The Labute approximate surface area is 588 Å². The molecule has 1 aliphatic carbocycles. The van der Waals surface area contributed by atoms with E-state index in [4.69, 9.17) is 66.6 Å². The number of hydrogen-bond acceptors (Lipinski definition) is 22. The van der Waals surface area contributed by atoms with Crippen molar-refractivity contribution in [1.82, 2.24) is 38.2 Å². The Hall–Kier alpha value is -8.93. The largest absolute Gasteiger partial charge is 0.487 e. The summed E-state index contributed by atoms with van der Waals surface area (Å²) in [6, 6.07) is 0. The molecule has 0 amide bonds. The van der Waals surface area contributed by atoms with Gasteiger partial charge in [-0.2, -0.15) is 0 Å². The molecule has 30 nitrogen and oxygen atoms in total. The molecule has 1 saturated carbocycles. The van der Waals surface area contributed by atoms with Crippen LogP contribution in [0.1, 0.15) is 182 Å². The molecule has 554 valence electrons. The molecule has 102 heavy (non-hydrogen) atoms. The van der Waals surface area contributed by atoms with E-state index in [2.05, 4.69) is 58.1 Å². The molecule has 4 bridgehead atoms. The summed E-state index contributed by atoms with van der Waals surface area (Å²) in [6.45, 7) is 33.6. The van der Waals surface area contributed by atoms with Crippen LogP contribution < -0.4 is 45.0 Å². The Morgan fingerprint density at radius 3 is 1.24 bits per heavy atom. The number of aliphatic hydroxyl groups excluding tert-OH is 1. The van der Waals surface area contributed by atoms with Crippen molar-refractivity contribution in [3.63, 3.8) is 0 Å². The maximum Gasteiger partial charge on any atom is 0.330 e. The standard InChI is InChI=1S/C16H20N2O5.C15H20N2O4.2C14H18N2O4.C13H18O5/c1-6-16(7-2)10(4)12(22-11(5)19)14(23-16)18-8-9(3)13(20)17-15(18)21;1-4-15-9(3)10(20-14(15)5-6-14)12(21-15)17-7-8(2)11(18)16-13(17)19;1-5-14-8(3)10(19-9(14)4)12(20-14)16-6-7(2)11(17)15-13(16)18;1-5-14(6-2)9(4)10(17)12(20-14)16-7-8(3)11(18)15-13(16)19;1-6-13(7-2)8(3)11(16-9(4)14)12(18-13)17-10(5)15/h1,8,10,12,14H,7H2,2-5H3,(H,17,20,21);7,9-10,12H,4-6H2,1-3H3,(H,16,18,19);6,8,10,12H,4-5H2,1-3H3,(H,15,17,18);1,7,9-10,12,17H,6H2,2-4H3,(H,15,18,19);1,8,11-12H,7H2,2-5H3/t10?,12-,14+,16+;9?,10-,12+,15+;8?,10-,12+,14+;9?,10-,12+,14+;8?,11-,12?,13+/m00000/s1. The molecule has 12 rings (SSSR count). The lowest BCUT2D eigenvalue weighted by Gasteiger charge is -2.38. The van der Waals surface area contributed by atoms with Crippen LogP contribution in [-0.4, -0.2) is 132 Å². The van der Waals surface area contributed by atoms with Crippen molar-refractivity contribution in [2.45, 2.75) is 258 Å². The second-order valence-electron chi connectivity index (χ2n) is 27.4. The minimum Gasteiger partial charge on any atom is -0.487 e. The predicted molar refractivity (Wildman–Crippen MR) is 367 cm³/mol. The topological polar surface area (TPSA) is 383 Å². The number of nitrogens with one attached hydrogen (secondary N) is 4. The molecule has 7 aliphatic heterocycles. The van der Waals surface area contributed by atoms with E-state index >= 15 is 0 Å². The third-order valence-corrected chi connectivity index (χ3v) is 21.7. The van der Waals surface area contributed by atoms with Crippen LogP contribution in [-0.2, 0) is 61.8 Å². The zero-order valence-electron chi connectivity index (χ0n) is 60.7. The van der Waals surface area contributed by atoms with E-state index in [1.807, 2.05) is 48.5 Å². The molecule has 5 N–H and O–H groups in total. The normalized spacial score (nSPS) is 34.3. The summed E-state index contributed by atoms with van der Waals surface area (Å²) in [5.74, 6) is 6.43. The molecule has 0 aromatic carbocycles. The fourth-order valence-corrected chi connectivity index (χ4v) is 15.2. The van der Waals surface area contributed by atoms with Gasteiger partial charge >= 0.3 is 40.7 Å². The van der Waals surface area contributed by atoms with Gasteiger partial charge in [0.05, 0.1) is 5.60 Å². The van der Waals surface area contributed by atoms with Crippen molar-refractivity contribution in [2.75, 3.05) is 0 Å². The van der Waals surface area contributed by atoms with E-state index in [9.17, 15) is 57.8 Å². The van der Waals surface area contributed by atoms with Crippen molar-refractivity contribution in [3.8, 4) is 37.0 Å². The minimum atomic E-state index is -0.950. The summed E-state index contributed by atoms with van der Waals surface area (Å²) in [5, 5.41) is 10.3. The highest BCUT2D eigenvalue weighted by Crippen LogP contribution is 2.67. The molecule has 8 fully saturated rings. The second kappa shape index (κ2) is 29.8. The first-order valence-corrected chi connectivity index (χ1v) is 34.2. The van der Waals surface area contributed by atoms with E-state index in [0.717, 1.165) is 25.7 Å². The number of aromatic amines is 4. The van der Waals surface area contributed by atoms with Gasteiger partial charge in [0, 0.05) is 97.4 Å². The van der Waals surface area contributed by atoms with Gasteiger partial charge in [-0.15, -0.1) is 19.3 Å². The van der Waals surface area contributed by atoms with E-state index in [0.29, 0.717) is 47.3 Å². The van der Waals surface area contributed by atoms with E-state index in [-0.39, 0.29) is 64.1 Å². The summed E-state index contributed by atoms with van der Waals surface area (Å²) in [4.78, 5) is 137. The molecule has 20 atom stereocenters. The van der Waals surface area contributed by atoms with E-state index < -0.39 is 124 Å². The van der Waals surface area contributed by atoms with Crippen LogP contribution in [0.25, 0.3) is 0 Å². The lowest BCUT2D eigenvalue weighted by atomic mass is 9.82. The van der Waals surface area contributed by atoms with Crippen molar-refractivity contribution < 1.29 is 66.9 Å². The number of nitrogens with zero attached hydrogens (tertiary/aromatic N) is 4. The van der Waals surface area contributed by atoms with E-state index in [1.54, 1.807) is 40.8 Å². The van der Waals surface area contributed by atoms with Gasteiger partial charge in [-0.05, 0) is 72.6 Å². The second-order valence-corrected chi connectivity index (χ2v) is 27.4. The molecular formula is C72H94N8O22. The van der Waals surface area contributed by atoms with E-state index in [1.165, 1.54) is 57.6 Å². The average Bonchev–Trinajstić information content (AvgIpc) is 1.50. The Kier molecular flexibility index (Phi) is 23.0. The summed E-state index contributed by atoms with van der Waals surface area (Å²) < 4.78 is 62.7. The summed E-state index contributed by atoms with van der Waals surface area (Å²) in [6.07, 6.45) is 21.3. The number of rotatable bonds is 12. The number of H-pyrrole nitrogens is 4. The lowest BCUT2D eigenvalue weighted by Crippen LogP contribution is -2.48. The third kappa shape index (κ3) is 13.8. The maximum atomic E-state index is 12.1. The summed E-state index contributed by atoms with van der Waals surface area (Å²) in [7, 11) is 0. The molecule has 6 unspecified atom stereocenters. The molecular weight excluding hydrogens is 1330 g/mol. The van der Waals surface area contributed by atoms with Crippen molar-refractivity contribution in [3.05, 3.63) is 143 Å². The molecule has 11 heterocycles. The van der Waals surface area contributed by atoms with Crippen molar-refractivity contribution in [2.24, 2.45) is 29.6 Å². The molecule has 4 aromatic rings. The predicted octanol–water partition coefficient (Wildman–Crippen LogP) is 4.29. The summed E-state index contributed by atoms with van der Waals surface area (Å²) in [5.41, 5.74) is -5.87. The highest BCUT2D eigenvalue weighted by Gasteiger charge is 2.76. The number of ether oxygens (including phenoxy) is 10. The van der Waals surface area contributed by atoms with Crippen LogP contribution in [0.2, 0.25) is 0 Å². The smallest absolute Gasteiger partial charge is 0.330 e. The monoisotopic (exact) mass is 1420 g/mol. The number of aromatic nitrogens is 8. The number of terminal acetylenes is 3. The first kappa shape index (κ1) is 78.8. The summed E-state index contributed by atoms with van der Waals surface area (Å²) >= 11 is 0. The molecule has 1 spiro atoms. The van der Waals surface area contributed by atoms with Gasteiger partial charge in [-0.25, -0.2) is 19.2 Å². The molecule has 30 heteroatoms. The number of hydrogen-bond donors (Lipinski definition) is 5. The van der Waals surface area contributed by atoms with Crippen LogP contribution in [0.3, 0.4) is 0 Å². The average molecular weight is 1420 g/mol. The van der Waals surface area contributed by atoms with Crippen LogP contribution in [0.5, 0.6) is 0 Å². The van der Waals surface area contributed by atoms with Gasteiger partial charge in [-0.3, -0.25) is 71.8 Å². The Morgan fingerprint density at radius 2 is 0.863 bits per heavy atom. The van der Waals surface area contributed by atoms with Gasteiger partial charge in [0.2, 0.25) is 6.29 Å². The highest BCUT2D eigenvalue weighted by molar-refractivity contribution is 5.67. The van der Waals surface area contributed by atoms with Crippen molar-refractivity contribution in [1.29, 1.82) is 0 Å². The fraction of sp³-hybridized carbons (Fsp3) is 0.625. The molecule has 0 radical (unpaired) electrons. The van der Waals surface area contributed by atoms with Crippen LogP contribution in [0.15, 0.2) is 75.5 Å². The lowest BCUT2D eigenvalue weighted by molar-refractivity contribution is -0.225. The maximum absolute atomic E-state index is 12.1. The highest BCUT2D eigenvalue weighted by atomic mass is 16.7.